The molecule has 0 fully saturated rings. The third kappa shape index (κ3) is 2.88. The summed E-state index contributed by atoms with van der Waals surface area (Å²) in [5.41, 5.74) is 5.82. The van der Waals surface area contributed by atoms with Gasteiger partial charge in [-0.3, -0.25) is 0 Å². The molecule has 0 amide bonds. The molecule has 0 aromatic heterocycles. The number of aryl methyl sites for hydroxylation is 2. The number of rotatable bonds is 2. The maximum Gasteiger partial charge on any atom is 0.118 e. The van der Waals surface area contributed by atoms with Crippen molar-refractivity contribution in [3.05, 3.63) is 58.7 Å². The Balaban J connectivity index is 1.93. The molecule has 1 atom stereocenters. The van der Waals surface area contributed by atoms with Gasteiger partial charge < -0.3 is 15.7 Å². The first kappa shape index (κ1) is 14.0. The molecule has 0 radical (unpaired) electrons. The van der Waals surface area contributed by atoms with E-state index in [2.05, 4.69) is 34.9 Å². The van der Waals surface area contributed by atoms with Crippen molar-refractivity contribution in [1.82, 2.24) is 5.32 Å². The summed E-state index contributed by atoms with van der Waals surface area (Å²) in [5.74, 6) is 0.362. The van der Waals surface area contributed by atoms with Gasteiger partial charge in [0, 0.05) is 12.2 Å². The van der Waals surface area contributed by atoms with E-state index in [1.807, 2.05) is 26.0 Å². The molecule has 3 rings (SSSR count). The van der Waals surface area contributed by atoms with E-state index in [4.69, 9.17) is 0 Å². The molecule has 21 heavy (non-hydrogen) atoms. The topological polar surface area (TPSA) is 44.3 Å². The van der Waals surface area contributed by atoms with Gasteiger partial charge in [-0.05, 0) is 61.2 Å². The van der Waals surface area contributed by atoms with E-state index < -0.39 is 0 Å². The third-order valence-electron chi connectivity index (χ3n) is 4.23. The second-order valence-electron chi connectivity index (χ2n) is 5.81. The molecule has 1 heterocycles. The minimum atomic E-state index is 0.304. The van der Waals surface area contributed by atoms with Crippen molar-refractivity contribution in [2.45, 2.75) is 32.9 Å². The number of benzene rings is 2. The highest BCUT2D eigenvalue weighted by molar-refractivity contribution is 5.58. The van der Waals surface area contributed by atoms with Crippen molar-refractivity contribution in [1.29, 1.82) is 0 Å². The lowest BCUT2D eigenvalue weighted by Gasteiger charge is -2.22. The van der Waals surface area contributed by atoms with E-state index >= 15 is 0 Å². The van der Waals surface area contributed by atoms with Crippen LogP contribution in [-0.4, -0.2) is 11.7 Å². The molecule has 0 bridgehead atoms. The first-order valence-electron chi connectivity index (χ1n) is 7.50. The number of fused-ring (bicyclic) bond motifs is 1. The van der Waals surface area contributed by atoms with Crippen molar-refractivity contribution in [2.75, 3.05) is 11.9 Å². The molecular weight excluding hydrogens is 260 g/mol. The first-order chi connectivity index (χ1) is 10.1. The van der Waals surface area contributed by atoms with Gasteiger partial charge in [-0.15, -0.1) is 0 Å². The molecule has 1 aliphatic rings. The van der Waals surface area contributed by atoms with Gasteiger partial charge in [0.1, 0.15) is 5.75 Å². The van der Waals surface area contributed by atoms with Crippen LogP contribution in [0.15, 0.2) is 36.4 Å². The SMILES string of the molecule is Cc1cc(NC2CCNCc3ccccc32)c(C)cc1O. The van der Waals surface area contributed by atoms with Crippen LogP contribution in [0.5, 0.6) is 5.75 Å². The summed E-state index contributed by atoms with van der Waals surface area (Å²) < 4.78 is 0. The average molecular weight is 282 g/mol. The van der Waals surface area contributed by atoms with Crippen LogP contribution in [0.2, 0.25) is 0 Å². The molecule has 1 unspecified atom stereocenters. The molecule has 0 aliphatic carbocycles. The van der Waals surface area contributed by atoms with Gasteiger partial charge in [-0.25, -0.2) is 0 Å². The molecule has 0 saturated heterocycles. The first-order valence-corrected chi connectivity index (χ1v) is 7.50. The summed E-state index contributed by atoms with van der Waals surface area (Å²) >= 11 is 0. The Hall–Kier alpha value is -2.00. The maximum absolute atomic E-state index is 9.80. The fraction of sp³-hybridized carbons (Fsp3) is 0.333. The zero-order valence-electron chi connectivity index (χ0n) is 12.6. The lowest BCUT2D eigenvalue weighted by molar-refractivity contribution is 0.470. The average Bonchev–Trinajstić information content (AvgIpc) is 2.67. The van der Waals surface area contributed by atoms with Crippen molar-refractivity contribution < 1.29 is 5.11 Å². The van der Waals surface area contributed by atoms with Crippen LogP contribution in [0.4, 0.5) is 5.69 Å². The number of phenols is 1. The summed E-state index contributed by atoms with van der Waals surface area (Å²) in [7, 11) is 0. The fourth-order valence-electron chi connectivity index (χ4n) is 2.95. The highest BCUT2D eigenvalue weighted by atomic mass is 16.3. The molecule has 3 nitrogen and oxygen atoms in total. The van der Waals surface area contributed by atoms with Crippen LogP contribution in [0.25, 0.3) is 0 Å². The summed E-state index contributed by atoms with van der Waals surface area (Å²) in [5, 5.41) is 16.9. The minimum absolute atomic E-state index is 0.304. The van der Waals surface area contributed by atoms with Crippen molar-refractivity contribution >= 4 is 5.69 Å². The van der Waals surface area contributed by atoms with Gasteiger partial charge in [0.2, 0.25) is 0 Å². The number of aromatic hydroxyl groups is 1. The standard InChI is InChI=1S/C18H22N2O/c1-12-10-18(21)13(2)9-17(12)20-16-7-8-19-11-14-5-3-4-6-15(14)16/h3-6,9-10,16,19-21H,7-8,11H2,1-2H3. The monoisotopic (exact) mass is 282 g/mol. The molecule has 3 N–H and O–H groups in total. The van der Waals surface area contributed by atoms with E-state index in [1.54, 1.807) is 0 Å². The van der Waals surface area contributed by atoms with Crippen molar-refractivity contribution in [3.63, 3.8) is 0 Å². The Morgan fingerprint density at radius 1 is 1.14 bits per heavy atom. The van der Waals surface area contributed by atoms with Crippen molar-refractivity contribution in [3.8, 4) is 5.75 Å². The highest BCUT2D eigenvalue weighted by Crippen LogP contribution is 2.31. The molecule has 3 heteroatoms. The summed E-state index contributed by atoms with van der Waals surface area (Å²) in [6.45, 7) is 5.90. The number of anilines is 1. The number of nitrogens with one attached hydrogen (secondary N) is 2. The molecule has 1 aliphatic heterocycles. The van der Waals surface area contributed by atoms with Crippen LogP contribution in [0.1, 0.15) is 34.7 Å². The lowest BCUT2D eigenvalue weighted by Crippen LogP contribution is -2.15. The second-order valence-corrected chi connectivity index (χ2v) is 5.81. The summed E-state index contributed by atoms with van der Waals surface area (Å²) in [4.78, 5) is 0. The largest absolute Gasteiger partial charge is 0.508 e. The highest BCUT2D eigenvalue weighted by Gasteiger charge is 2.18. The Morgan fingerprint density at radius 2 is 1.95 bits per heavy atom. The van der Waals surface area contributed by atoms with Crippen LogP contribution in [0.3, 0.4) is 0 Å². The predicted octanol–water partition coefficient (Wildman–Crippen LogP) is 3.66. The van der Waals surface area contributed by atoms with Gasteiger partial charge in [0.15, 0.2) is 0 Å². The van der Waals surface area contributed by atoms with Gasteiger partial charge >= 0.3 is 0 Å². The molecule has 2 aromatic carbocycles. The number of phenolic OH excluding ortho intramolecular Hbond substituents is 1. The third-order valence-corrected chi connectivity index (χ3v) is 4.23. The van der Waals surface area contributed by atoms with E-state index in [9.17, 15) is 5.11 Å². The van der Waals surface area contributed by atoms with E-state index in [1.165, 1.54) is 11.1 Å². The summed E-state index contributed by atoms with van der Waals surface area (Å²) in [6, 6.07) is 12.8. The van der Waals surface area contributed by atoms with Crippen molar-refractivity contribution in [2.24, 2.45) is 0 Å². The van der Waals surface area contributed by atoms with Crippen LogP contribution in [-0.2, 0) is 6.54 Å². The normalized spacial score (nSPS) is 17.9. The van der Waals surface area contributed by atoms with Gasteiger partial charge in [-0.2, -0.15) is 0 Å². The second kappa shape index (κ2) is 5.78. The zero-order valence-corrected chi connectivity index (χ0v) is 12.6. The fourth-order valence-corrected chi connectivity index (χ4v) is 2.95. The smallest absolute Gasteiger partial charge is 0.118 e. The van der Waals surface area contributed by atoms with E-state index in [0.717, 1.165) is 36.3 Å². The quantitative estimate of drug-likeness (QED) is 0.737. The van der Waals surface area contributed by atoms with Crippen LogP contribution >= 0.6 is 0 Å². The maximum atomic E-state index is 9.80. The van der Waals surface area contributed by atoms with Gasteiger partial charge in [0.25, 0.3) is 0 Å². The van der Waals surface area contributed by atoms with E-state index in [0.29, 0.717) is 11.8 Å². The molecule has 110 valence electrons. The molecule has 2 aromatic rings. The lowest BCUT2D eigenvalue weighted by atomic mass is 9.98. The van der Waals surface area contributed by atoms with Crippen LogP contribution in [0, 0.1) is 13.8 Å². The molecule has 0 spiro atoms. The van der Waals surface area contributed by atoms with Gasteiger partial charge in [0.05, 0.1) is 6.04 Å². The number of hydrogen-bond acceptors (Lipinski definition) is 3. The minimum Gasteiger partial charge on any atom is -0.508 e. The van der Waals surface area contributed by atoms with Crippen LogP contribution < -0.4 is 10.6 Å². The Labute approximate surface area is 126 Å². The Morgan fingerprint density at radius 3 is 2.81 bits per heavy atom. The zero-order chi connectivity index (χ0) is 14.8. The predicted molar refractivity (Wildman–Crippen MR) is 86.7 cm³/mol. The Kier molecular flexibility index (Phi) is 3.84. The van der Waals surface area contributed by atoms with Gasteiger partial charge in [-0.1, -0.05) is 24.3 Å². The Bertz CT molecular complexity index is 652. The molecular formula is C18H22N2O. The summed E-state index contributed by atoms with van der Waals surface area (Å²) in [6.07, 6.45) is 1.05. The van der Waals surface area contributed by atoms with E-state index in [-0.39, 0.29) is 0 Å². The molecule has 0 saturated carbocycles. The number of hydrogen-bond donors (Lipinski definition) is 3.